The van der Waals surface area contributed by atoms with Gasteiger partial charge < -0.3 is 21.1 Å². The molecule has 5 nitrogen and oxygen atoms in total. The zero-order chi connectivity index (χ0) is 13.4. The second-order valence-electron chi connectivity index (χ2n) is 5.46. The number of nitrogens with one attached hydrogen (secondary N) is 1. The van der Waals surface area contributed by atoms with E-state index in [9.17, 15) is 4.79 Å². The number of fused-ring (bicyclic) bond motifs is 3. The number of nitrogens with two attached hydrogens (primary N) is 1. The highest BCUT2D eigenvalue weighted by Gasteiger charge is 2.34. The van der Waals surface area contributed by atoms with Crippen LogP contribution in [0.3, 0.4) is 0 Å². The van der Waals surface area contributed by atoms with Crippen molar-refractivity contribution in [3.05, 3.63) is 23.8 Å². The molecule has 102 valence electrons. The van der Waals surface area contributed by atoms with E-state index < -0.39 is 5.97 Å². The number of carbonyl (C=O) groups is 1. The van der Waals surface area contributed by atoms with Gasteiger partial charge in [0, 0.05) is 12.6 Å². The molecule has 19 heavy (non-hydrogen) atoms. The first-order chi connectivity index (χ1) is 9.15. The molecule has 0 aromatic heterocycles. The maximum atomic E-state index is 11.1. The minimum absolute atomic E-state index is 0.172. The molecule has 0 aliphatic carbocycles. The van der Waals surface area contributed by atoms with Gasteiger partial charge in [-0.2, -0.15) is 0 Å². The molecule has 3 aliphatic heterocycles. The topological polar surface area (TPSA) is 78.6 Å². The smallest absolute Gasteiger partial charge is 0.337 e. The Morgan fingerprint density at radius 1 is 1.37 bits per heavy atom. The molecule has 0 amide bonds. The average Bonchev–Trinajstić information content (AvgIpc) is 2.42. The Morgan fingerprint density at radius 2 is 2.11 bits per heavy atom. The molecule has 4 rings (SSSR count). The first-order valence-corrected chi connectivity index (χ1v) is 6.76. The number of hydrogen-bond donors (Lipinski definition) is 3. The third-order valence-electron chi connectivity index (χ3n) is 4.33. The summed E-state index contributed by atoms with van der Waals surface area (Å²) in [4.78, 5) is 13.5. The number of piperidine rings is 3. The molecule has 0 spiro atoms. The average molecular weight is 261 g/mol. The quantitative estimate of drug-likeness (QED) is 0.718. The van der Waals surface area contributed by atoms with Crippen molar-refractivity contribution in [2.45, 2.75) is 18.9 Å². The van der Waals surface area contributed by atoms with Crippen LogP contribution in [0, 0.1) is 5.92 Å². The van der Waals surface area contributed by atoms with Gasteiger partial charge >= 0.3 is 5.97 Å². The molecule has 4 N–H and O–H groups in total. The van der Waals surface area contributed by atoms with Crippen LogP contribution in [0.2, 0.25) is 0 Å². The van der Waals surface area contributed by atoms with Gasteiger partial charge in [0.1, 0.15) is 0 Å². The summed E-state index contributed by atoms with van der Waals surface area (Å²) >= 11 is 0. The van der Waals surface area contributed by atoms with E-state index in [2.05, 4.69) is 10.2 Å². The lowest BCUT2D eigenvalue weighted by Crippen LogP contribution is -2.53. The van der Waals surface area contributed by atoms with Crippen molar-refractivity contribution in [2.75, 3.05) is 30.7 Å². The van der Waals surface area contributed by atoms with Gasteiger partial charge in [-0.25, -0.2) is 4.79 Å². The van der Waals surface area contributed by atoms with Crippen molar-refractivity contribution < 1.29 is 9.90 Å². The predicted octanol–water partition coefficient (Wildman–Crippen LogP) is 1.47. The van der Waals surface area contributed by atoms with Crippen LogP contribution in [-0.2, 0) is 0 Å². The maximum absolute atomic E-state index is 11.1. The van der Waals surface area contributed by atoms with Gasteiger partial charge in [0.15, 0.2) is 0 Å². The Hall–Kier alpha value is -1.75. The van der Waals surface area contributed by atoms with E-state index in [1.54, 1.807) is 12.1 Å². The molecule has 3 heterocycles. The van der Waals surface area contributed by atoms with Crippen LogP contribution in [0.4, 0.5) is 11.4 Å². The summed E-state index contributed by atoms with van der Waals surface area (Å²) < 4.78 is 0. The van der Waals surface area contributed by atoms with Gasteiger partial charge in [0.2, 0.25) is 0 Å². The van der Waals surface area contributed by atoms with E-state index in [-0.39, 0.29) is 5.56 Å². The summed E-state index contributed by atoms with van der Waals surface area (Å²) in [7, 11) is 0. The van der Waals surface area contributed by atoms with Gasteiger partial charge in [-0.3, -0.25) is 0 Å². The van der Waals surface area contributed by atoms with Crippen LogP contribution in [0.25, 0.3) is 0 Å². The molecule has 3 aliphatic rings. The largest absolute Gasteiger partial charge is 0.478 e. The molecular formula is C14H19N3O2. The van der Waals surface area contributed by atoms with E-state index in [1.165, 1.54) is 25.9 Å². The number of nitrogens with zero attached hydrogens (tertiary/aromatic N) is 1. The summed E-state index contributed by atoms with van der Waals surface area (Å²) in [5.74, 6) is -0.298. The van der Waals surface area contributed by atoms with Crippen molar-refractivity contribution >= 4 is 17.3 Å². The number of rotatable bonds is 3. The van der Waals surface area contributed by atoms with E-state index in [1.807, 2.05) is 6.07 Å². The number of carboxylic acids is 1. The molecule has 5 heteroatoms. The molecular weight excluding hydrogens is 242 g/mol. The Labute approximate surface area is 112 Å². The van der Waals surface area contributed by atoms with E-state index in [4.69, 9.17) is 10.8 Å². The summed E-state index contributed by atoms with van der Waals surface area (Å²) in [5.41, 5.74) is 7.20. The van der Waals surface area contributed by atoms with Crippen molar-refractivity contribution in [3.8, 4) is 0 Å². The third-order valence-corrected chi connectivity index (χ3v) is 4.33. The number of benzene rings is 1. The highest BCUT2D eigenvalue weighted by atomic mass is 16.4. The highest BCUT2D eigenvalue weighted by molar-refractivity contribution is 5.97. The lowest BCUT2D eigenvalue weighted by atomic mass is 9.84. The second-order valence-corrected chi connectivity index (χ2v) is 5.46. The summed E-state index contributed by atoms with van der Waals surface area (Å²) in [6, 6.07) is 5.52. The van der Waals surface area contributed by atoms with E-state index >= 15 is 0 Å². The van der Waals surface area contributed by atoms with Crippen molar-refractivity contribution in [1.29, 1.82) is 0 Å². The predicted molar refractivity (Wildman–Crippen MR) is 74.4 cm³/mol. The summed E-state index contributed by atoms with van der Waals surface area (Å²) in [6.07, 6.45) is 2.44. The highest BCUT2D eigenvalue weighted by Crippen LogP contribution is 2.32. The minimum atomic E-state index is -0.977. The normalized spacial score (nSPS) is 29.2. The van der Waals surface area contributed by atoms with Gasteiger partial charge in [-0.05, 0) is 44.0 Å². The number of para-hydroxylation sites is 1. The summed E-state index contributed by atoms with van der Waals surface area (Å²) in [6.45, 7) is 3.41. The van der Waals surface area contributed by atoms with Gasteiger partial charge in [-0.1, -0.05) is 6.07 Å². The molecule has 1 aromatic rings. The van der Waals surface area contributed by atoms with Crippen LogP contribution >= 0.6 is 0 Å². The second kappa shape index (κ2) is 4.74. The third kappa shape index (κ3) is 2.26. The lowest BCUT2D eigenvalue weighted by molar-refractivity contribution is 0.0698. The van der Waals surface area contributed by atoms with Gasteiger partial charge in [0.25, 0.3) is 0 Å². The lowest BCUT2D eigenvalue weighted by Gasteiger charge is -2.45. The molecule has 0 radical (unpaired) electrons. The van der Waals surface area contributed by atoms with Crippen LogP contribution in [-0.4, -0.2) is 41.7 Å². The molecule has 1 aromatic carbocycles. The standard InChI is InChI=1S/C14H19N3O2/c15-13-10(14(18)19)2-1-3-11(13)16-12-8-17-6-4-9(12)5-7-17/h1-3,9,12,16H,4-8,15H2,(H,18,19). The monoisotopic (exact) mass is 261 g/mol. The maximum Gasteiger partial charge on any atom is 0.337 e. The van der Waals surface area contributed by atoms with Crippen molar-refractivity contribution in [3.63, 3.8) is 0 Å². The number of carboxylic acid groups (broad SMARTS) is 1. The minimum Gasteiger partial charge on any atom is -0.478 e. The SMILES string of the molecule is Nc1c(NC2CN3CCC2CC3)cccc1C(=O)O. The molecule has 1 unspecified atom stereocenters. The fourth-order valence-corrected chi connectivity index (χ4v) is 3.21. The molecule has 2 bridgehead atoms. The van der Waals surface area contributed by atoms with Gasteiger partial charge in [0.05, 0.1) is 16.9 Å². The Morgan fingerprint density at radius 3 is 2.68 bits per heavy atom. The Balaban J connectivity index is 1.80. The Bertz CT molecular complexity index is 495. The fraction of sp³-hybridized carbons (Fsp3) is 0.500. The first kappa shape index (κ1) is 12.3. The van der Waals surface area contributed by atoms with E-state index in [0.29, 0.717) is 17.6 Å². The number of nitrogen functional groups attached to an aromatic ring is 1. The zero-order valence-electron chi connectivity index (χ0n) is 10.8. The summed E-state index contributed by atoms with van der Waals surface area (Å²) in [5, 5.41) is 12.5. The van der Waals surface area contributed by atoms with Crippen LogP contribution < -0.4 is 11.1 Å². The molecule has 3 fully saturated rings. The number of hydrogen-bond acceptors (Lipinski definition) is 4. The fourth-order valence-electron chi connectivity index (χ4n) is 3.21. The van der Waals surface area contributed by atoms with Crippen LogP contribution in [0.5, 0.6) is 0 Å². The van der Waals surface area contributed by atoms with Crippen molar-refractivity contribution in [2.24, 2.45) is 5.92 Å². The first-order valence-electron chi connectivity index (χ1n) is 6.76. The molecule has 3 saturated heterocycles. The van der Waals surface area contributed by atoms with Gasteiger partial charge in [-0.15, -0.1) is 0 Å². The molecule has 0 saturated carbocycles. The number of anilines is 2. The number of aromatic carboxylic acids is 1. The molecule has 1 atom stereocenters. The Kier molecular flexibility index (Phi) is 3.06. The van der Waals surface area contributed by atoms with E-state index in [0.717, 1.165) is 12.2 Å². The van der Waals surface area contributed by atoms with Crippen LogP contribution in [0.15, 0.2) is 18.2 Å². The zero-order valence-corrected chi connectivity index (χ0v) is 10.8. The van der Waals surface area contributed by atoms with Crippen LogP contribution in [0.1, 0.15) is 23.2 Å². The van der Waals surface area contributed by atoms with Crippen molar-refractivity contribution in [1.82, 2.24) is 4.90 Å².